The summed E-state index contributed by atoms with van der Waals surface area (Å²) in [6.45, 7) is 4.68. The van der Waals surface area contributed by atoms with Gasteiger partial charge in [0, 0.05) is 12.6 Å². The molecule has 0 bridgehead atoms. The summed E-state index contributed by atoms with van der Waals surface area (Å²) >= 11 is 0. The van der Waals surface area contributed by atoms with Gasteiger partial charge in [-0.1, -0.05) is 12.1 Å². The first-order valence-electron chi connectivity index (χ1n) is 5.66. The van der Waals surface area contributed by atoms with Crippen molar-refractivity contribution >= 4 is 0 Å². The number of aliphatic hydroxyl groups excluding tert-OH is 1. The minimum atomic E-state index is -0.257. The van der Waals surface area contributed by atoms with Crippen molar-refractivity contribution in [1.29, 1.82) is 0 Å². The van der Waals surface area contributed by atoms with E-state index in [-0.39, 0.29) is 6.10 Å². The number of methoxy groups -OCH3 is 1. The molecule has 0 aromatic heterocycles. The molecule has 3 heteroatoms. The molecule has 2 N–H and O–H groups in total. The number of hydrogen-bond donors (Lipinski definition) is 2. The van der Waals surface area contributed by atoms with E-state index in [0.717, 1.165) is 18.7 Å². The van der Waals surface area contributed by atoms with Crippen LogP contribution in [-0.2, 0) is 6.54 Å². The molecule has 0 radical (unpaired) electrons. The monoisotopic (exact) mass is 223 g/mol. The topological polar surface area (TPSA) is 41.5 Å². The van der Waals surface area contributed by atoms with Crippen LogP contribution >= 0.6 is 0 Å². The predicted octanol–water partition coefficient (Wildman–Crippen LogP) is 1.94. The molecule has 0 saturated heterocycles. The third-order valence-corrected chi connectivity index (χ3v) is 2.48. The minimum absolute atomic E-state index is 0.257. The van der Waals surface area contributed by atoms with Gasteiger partial charge in [-0.05, 0) is 38.0 Å². The van der Waals surface area contributed by atoms with Crippen LogP contribution in [0.25, 0.3) is 0 Å². The Morgan fingerprint density at radius 1 is 1.38 bits per heavy atom. The SMILES string of the molecule is COc1cccc(CNC(C)CC(C)O)c1. The maximum Gasteiger partial charge on any atom is 0.119 e. The van der Waals surface area contributed by atoms with Crippen molar-refractivity contribution < 1.29 is 9.84 Å². The lowest BCUT2D eigenvalue weighted by Gasteiger charge is -2.15. The smallest absolute Gasteiger partial charge is 0.119 e. The highest BCUT2D eigenvalue weighted by Gasteiger charge is 2.05. The van der Waals surface area contributed by atoms with Gasteiger partial charge in [-0.15, -0.1) is 0 Å². The summed E-state index contributed by atoms with van der Waals surface area (Å²) in [5, 5.41) is 12.6. The van der Waals surface area contributed by atoms with Crippen molar-refractivity contribution in [2.45, 2.75) is 39.0 Å². The molecule has 0 fully saturated rings. The molecule has 16 heavy (non-hydrogen) atoms. The number of hydrogen-bond acceptors (Lipinski definition) is 3. The molecule has 2 atom stereocenters. The quantitative estimate of drug-likeness (QED) is 0.774. The molecule has 0 spiro atoms. The van der Waals surface area contributed by atoms with Gasteiger partial charge in [-0.2, -0.15) is 0 Å². The summed E-state index contributed by atoms with van der Waals surface area (Å²) in [5.74, 6) is 0.877. The number of benzene rings is 1. The number of ether oxygens (including phenoxy) is 1. The highest BCUT2D eigenvalue weighted by molar-refractivity contribution is 5.28. The first kappa shape index (κ1) is 13.0. The summed E-state index contributed by atoms with van der Waals surface area (Å²) in [6, 6.07) is 8.30. The van der Waals surface area contributed by atoms with E-state index in [0.29, 0.717) is 6.04 Å². The molecule has 1 aromatic carbocycles. The average molecular weight is 223 g/mol. The van der Waals surface area contributed by atoms with Crippen LogP contribution in [0, 0.1) is 0 Å². The fraction of sp³-hybridized carbons (Fsp3) is 0.538. The molecular formula is C13H21NO2. The molecule has 1 aromatic rings. The largest absolute Gasteiger partial charge is 0.497 e. The van der Waals surface area contributed by atoms with Crippen molar-refractivity contribution in [2.75, 3.05) is 7.11 Å². The van der Waals surface area contributed by atoms with Crippen molar-refractivity contribution in [2.24, 2.45) is 0 Å². The summed E-state index contributed by atoms with van der Waals surface area (Å²) in [6.07, 6.45) is 0.511. The van der Waals surface area contributed by atoms with E-state index in [1.807, 2.05) is 25.1 Å². The second-order valence-electron chi connectivity index (χ2n) is 4.22. The zero-order valence-corrected chi connectivity index (χ0v) is 10.2. The van der Waals surface area contributed by atoms with Crippen LogP contribution in [-0.4, -0.2) is 24.4 Å². The Morgan fingerprint density at radius 3 is 2.75 bits per heavy atom. The Bertz CT molecular complexity index is 313. The lowest BCUT2D eigenvalue weighted by molar-refractivity contribution is 0.170. The van der Waals surface area contributed by atoms with Gasteiger partial charge in [0.25, 0.3) is 0 Å². The van der Waals surface area contributed by atoms with E-state index in [1.54, 1.807) is 7.11 Å². The molecular weight excluding hydrogens is 202 g/mol. The Morgan fingerprint density at radius 2 is 2.12 bits per heavy atom. The van der Waals surface area contributed by atoms with E-state index in [1.165, 1.54) is 5.56 Å². The molecule has 2 unspecified atom stereocenters. The molecule has 0 heterocycles. The first-order chi connectivity index (χ1) is 7.61. The van der Waals surface area contributed by atoms with Gasteiger partial charge < -0.3 is 15.2 Å². The molecule has 0 aliphatic carbocycles. The van der Waals surface area contributed by atoms with E-state index in [4.69, 9.17) is 4.74 Å². The lowest BCUT2D eigenvalue weighted by atomic mass is 10.1. The normalized spacial score (nSPS) is 14.5. The second-order valence-corrected chi connectivity index (χ2v) is 4.22. The number of nitrogens with one attached hydrogen (secondary N) is 1. The molecule has 0 saturated carbocycles. The summed E-state index contributed by atoms with van der Waals surface area (Å²) in [7, 11) is 1.67. The Hall–Kier alpha value is -1.06. The average Bonchev–Trinajstić information content (AvgIpc) is 2.26. The Balaban J connectivity index is 2.41. The third kappa shape index (κ3) is 4.64. The van der Waals surface area contributed by atoms with E-state index in [9.17, 15) is 5.11 Å². The van der Waals surface area contributed by atoms with Crippen LogP contribution in [0.15, 0.2) is 24.3 Å². The van der Waals surface area contributed by atoms with Crippen molar-refractivity contribution in [3.63, 3.8) is 0 Å². The van der Waals surface area contributed by atoms with Crippen LogP contribution in [0.1, 0.15) is 25.8 Å². The zero-order chi connectivity index (χ0) is 12.0. The molecule has 3 nitrogen and oxygen atoms in total. The minimum Gasteiger partial charge on any atom is -0.497 e. The van der Waals surface area contributed by atoms with Gasteiger partial charge in [-0.25, -0.2) is 0 Å². The van der Waals surface area contributed by atoms with Crippen LogP contribution in [0.4, 0.5) is 0 Å². The number of aliphatic hydroxyl groups is 1. The Kier molecular flexibility index (Phi) is 5.29. The summed E-state index contributed by atoms with van der Waals surface area (Å²) in [5.41, 5.74) is 1.19. The van der Waals surface area contributed by atoms with Gasteiger partial charge in [0.2, 0.25) is 0 Å². The lowest BCUT2D eigenvalue weighted by Crippen LogP contribution is -2.28. The van der Waals surface area contributed by atoms with Gasteiger partial charge in [0.15, 0.2) is 0 Å². The molecule has 90 valence electrons. The maximum atomic E-state index is 9.24. The molecule has 0 aliphatic heterocycles. The summed E-state index contributed by atoms with van der Waals surface area (Å²) < 4.78 is 5.16. The van der Waals surface area contributed by atoms with Crippen molar-refractivity contribution in [3.8, 4) is 5.75 Å². The second kappa shape index (κ2) is 6.51. The van der Waals surface area contributed by atoms with Gasteiger partial charge in [-0.3, -0.25) is 0 Å². The third-order valence-electron chi connectivity index (χ3n) is 2.48. The molecule has 1 rings (SSSR count). The van der Waals surface area contributed by atoms with Crippen LogP contribution in [0.3, 0.4) is 0 Å². The fourth-order valence-electron chi connectivity index (χ4n) is 1.67. The highest BCUT2D eigenvalue weighted by Crippen LogP contribution is 2.12. The maximum absolute atomic E-state index is 9.24. The van der Waals surface area contributed by atoms with E-state index >= 15 is 0 Å². The van der Waals surface area contributed by atoms with Gasteiger partial charge in [0.05, 0.1) is 13.2 Å². The fourth-order valence-corrected chi connectivity index (χ4v) is 1.67. The van der Waals surface area contributed by atoms with Crippen molar-refractivity contribution in [3.05, 3.63) is 29.8 Å². The molecule has 0 aliphatic rings. The van der Waals surface area contributed by atoms with Crippen LogP contribution in [0.2, 0.25) is 0 Å². The van der Waals surface area contributed by atoms with E-state index in [2.05, 4.69) is 18.3 Å². The Labute approximate surface area is 97.4 Å². The number of rotatable bonds is 6. The van der Waals surface area contributed by atoms with Gasteiger partial charge >= 0.3 is 0 Å². The van der Waals surface area contributed by atoms with Crippen molar-refractivity contribution in [1.82, 2.24) is 5.32 Å². The van der Waals surface area contributed by atoms with Gasteiger partial charge in [0.1, 0.15) is 5.75 Å². The summed E-state index contributed by atoms with van der Waals surface area (Å²) in [4.78, 5) is 0. The standard InChI is InChI=1S/C13H21NO2/c1-10(7-11(2)15)14-9-12-5-4-6-13(8-12)16-3/h4-6,8,10-11,14-15H,7,9H2,1-3H3. The molecule has 0 amide bonds. The predicted molar refractivity (Wildman–Crippen MR) is 65.6 cm³/mol. The van der Waals surface area contributed by atoms with Crippen LogP contribution < -0.4 is 10.1 Å². The zero-order valence-electron chi connectivity index (χ0n) is 10.2. The first-order valence-corrected chi connectivity index (χ1v) is 5.66. The van der Waals surface area contributed by atoms with Crippen LogP contribution in [0.5, 0.6) is 5.75 Å². The van der Waals surface area contributed by atoms with E-state index < -0.39 is 0 Å². The highest BCUT2D eigenvalue weighted by atomic mass is 16.5.